The lowest BCUT2D eigenvalue weighted by atomic mass is 9.80. The molecule has 1 saturated heterocycles. The summed E-state index contributed by atoms with van der Waals surface area (Å²) in [6.45, 7) is 6.84. The van der Waals surface area contributed by atoms with Crippen molar-refractivity contribution < 1.29 is 19.5 Å². The number of amides is 2. The number of nitrogens with zero attached hydrogens (tertiary/aromatic N) is 1. The van der Waals surface area contributed by atoms with Crippen LogP contribution in [-0.4, -0.2) is 33.8 Å². The number of hydrogen-bond acceptors (Lipinski definition) is 3. The Labute approximate surface area is 129 Å². The van der Waals surface area contributed by atoms with Crippen LogP contribution in [0.3, 0.4) is 0 Å². The van der Waals surface area contributed by atoms with Gasteiger partial charge in [0.05, 0.1) is 5.41 Å². The highest BCUT2D eigenvalue weighted by molar-refractivity contribution is 6.11. The molecule has 0 saturated carbocycles. The van der Waals surface area contributed by atoms with Crippen molar-refractivity contribution >= 4 is 17.8 Å². The smallest absolute Gasteiger partial charge is 0.327 e. The first-order valence-electron chi connectivity index (χ1n) is 7.24. The average Bonchev–Trinajstić information content (AvgIpc) is 2.63. The van der Waals surface area contributed by atoms with Gasteiger partial charge in [-0.3, -0.25) is 14.5 Å². The zero-order chi connectivity index (χ0) is 16.7. The van der Waals surface area contributed by atoms with E-state index >= 15 is 0 Å². The van der Waals surface area contributed by atoms with Gasteiger partial charge >= 0.3 is 5.97 Å². The molecular weight excluding hydrogens is 282 g/mol. The van der Waals surface area contributed by atoms with Crippen molar-refractivity contribution in [1.82, 2.24) is 4.90 Å². The Kier molecular flexibility index (Phi) is 3.85. The van der Waals surface area contributed by atoms with Crippen molar-refractivity contribution in [2.75, 3.05) is 0 Å². The van der Waals surface area contributed by atoms with Gasteiger partial charge in [-0.15, -0.1) is 0 Å². The van der Waals surface area contributed by atoms with Gasteiger partial charge in [0.15, 0.2) is 0 Å². The minimum Gasteiger partial charge on any atom is -0.480 e. The van der Waals surface area contributed by atoms with Crippen LogP contribution in [0.5, 0.6) is 0 Å². The van der Waals surface area contributed by atoms with Crippen LogP contribution in [0.15, 0.2) is 30.3 Å². The van der Waals surface area contributed by atoms with E-state index in [1.807, 2.05) is 6.07 Å². The number of carboxylic acid groups (broad SMARTS) is 1. The second-order valence-electron chi connectivity index (χ2n) is 7.05. The van der Waals surface area contributed by atoms with E-state index in [4.69, 9.17) is 0 Å². The quantitative estimate of drug-likeness (QED) is 0.869. The molecule has 1 aromatic rings. The first-order chi connectivity index (χ1) is 10.1. The number of carbonyl (C=O) groups is 3. The van der Waals surface area contributed by atoms with Crippen LogP contribution in [0, 0.1) is 5.41 Å². The number of hydrogen-bond donors (Lipinski definition) is 1. The number of rotatable bonds is 3. The number of benzene rings is 1. The maximum Gasteiger partial charge on any atom is 0.327 e. The lowest BCUT2D eigenvalue weighted by Gasteiger charge is -2.34. The maximum absolute atomic E-state index is 12.9. The first kappa shape index (κ1) is 16.2. The Morgan fingerprint density at radius 3 is 2.23 bits per heavy atom. The van der Waals surface area contributed by atoms with Crippen LogP contribution in [0.25, 0.3) is 0 Å². The molecule has 0 aromatic heterocycles. The summed E-state index contributed by atoms with van der Waals surface area (Å²) < 4.78 is 0. The van der Waals surface area contributed by atoms with Gasteiger partial charge in [-0.05, 0) is 17.9 Å². The van der Waals surface area contributed by atoms with Gasteiger partial charge in [-0.2, -0.15) is 0 Å². The van der Waals surface area contributed by atoms with E-state index in [2.05, 4.69) is 0 Å². The molecule has 2 unspecified atom stereocenters. The fourth-order valence-electron chi connectivity index (χ4n) is 3.00. The van der Waals surface area contributed by atoms with Gasteiger partial charge in [0.25, 0.3) is 0 Å². The van der Waals surface area contributed by atoms with Crippen molar-refractivity contribution in [1.29, 1.82) is 0 Å². The molecular formula is C17H21NO4. The van der Waals surface area contributed by atoms with Gasteiger partial charge in [-0.25, -0.2) is 4.79 Å². The minimum absolute atomic E-state index is 0.00426. The van der Waals surface area contributed by atoms with E-state index in [0.29, 0.717) is 0 Å². The van der Waals surface area contributed by atoms with E-state index in [-0.39, 0.29) is 6.42 Å². The van der Waals surface area contributed by atoms with E-state index in [0.717, 1.165) is 10.5 Å². The molecule has 118 valence electrons. The molecule has 0 bridgehead atoms. The average molecular weight is 303 g/mol. The molecule has 2 rings (SSSR count). The molecule has 1 heterocycles. The molecule has 1 aromatic carbocycles. The molecule has 1 aliphatic heterocycles. The van der Waals surface area contributed by atoms with Gasteiger partial charge in [-0.1, -0.05) is 51.1 Å². The van der Waals surface area contributed by atoms with Crippen molar-refractivity contribution in [3.05, 3.63) is 35.9 Å². The van der Waals surface area contributed by atoms with E-state index in [1.165, 1.54) is 0 Å². The Morgan fingerprint density at radius 2 is 1.77 bits per heavy atom. The van der Waals surface area contributed by atoms with Crippen LogP contribution in [0.4, 0.5) is 0 Å². The highest BCUT2D eigenvalue weighted by Crippen LogP contribution is 2.40. The normalized spacial score (nSPS) is 23.7. The summed E-state index contributed by atoms with van der Waals surface area (Å²) in [6, 6.07) is 7.86. The Morgan fingerprint density at radius 1 is 1.23 bits per heavy atom. The van der Waals surface area contributed by atoms with Gasteiger partial charge in [0.1, 0.15) is 6.04 Å². The SMILES string of the molecule is CC1(c2ccccc2)CC(=O)N(C(C(=O)O)C(C)(C)C)C1=O. The molecule has 0 radical (unpaired) electrons. The van der Waals surface area contributed by atoms with Gasteiger partial charge < -0.3 is 5.11 Å². The third-order valence-corrected chi connectivity index (χ3v) is 4.19. The standard InChI is InChI=1S/C17H21NO4/c1-16(2,3)13(14(20)21)18-12(19)10-17(4,15(18)22)11-8-6-5-7-9-11/h5-9,13H,10H2,1-4H3,(H,20,21). The monoisotopic (exact) mass is 303 g/mol. The first-order valence-corrected chi connectivity index (χ1v) is 7.24. The summed E-state index contributed by atoms with van der Waals surface area (Å²) in [7, 11) is 0. The molecule has 0 spiro atoms. The summed E-state index contributed by atoms with van der Waals surface area (Å²) in [5, 5.41) is 9.50. The van der Waals surface area contributed by atoms with Crippen molar-refractivity contribution in [2.45, 2.75) is 45.6 Å². The number of carbonyl (C=O) groups excluding carboxylic acids is 2. The van der Waals surface area contributed by atoms with E-state index < -0.39 is 34.7 Å². The van der Waals surface area contributed by atoms with Gasteiger partial charge in [0, 0.05) is 6.42 Å². The lowest BCUT2D eigenvalue weighted by Crippen LogP contribution is -2.53. The summed E-state index contributed by atoms with van der Waals surface area (Å²) in [6.07, 6.45) is -0.00426. The molecule has 1 N–H and O–H groups in total. The number of carboxylic acids is 1. The summed E-state index contributed by atoms with van der Waals surface area (Å²) in [5.41, 5.74) is -1.01. The molecule has 5 heteroatoms. The highest BCUT2D eigenvalue weighted by Gasteiger charge is 2.55. The van der Waals surface area contributed by atoms with E-state index in [9.17, 15) is 19.5 Å². The third-order valence-electron chi connectivity index (χ3n) is 4.19. The Hall–Kier alpha value is -2.17. The Balaban J connectivity index is 2.47. The molecule has 1 fully saturated rings. The largest absolute Gasteiger partial charge is 0.480 e. The zero-order valence-corrected chi connectivity index (χ0v) is 13.3. The van der Waals surface area contributed by atoms with Crippen LogP contribution >= 0.6 is 0 Å². The fourth-order valence-corrected chi connectivity index (χ4v) is 3.00. The molecule has 0 aliphatic carbocycles. The molecule has 5 nitrogen and oxygen atoms in total. The summed E-state index contributed by atoms with van der Waals surface area (Å²) in [4.78, 5) is 37.8. The second-order valence-corrected chi connectivity index (χ2v) is 7.05. The number of aliphatic carboxylic acids is 1. The van der Waals surface area contributed by atoms with Crippen molar-refractivity contribution in [2.24, 2.45) is 5.41 Å². The number of likely N-dealkylation sites (tertiary alicyclic amines) is 1. The maximum atomic E-state index is 12.9. The van der Waals surface area contributed by atoms with Crippen LogP contribution < -0.4 is 0 Å². The predicted octanol–water partition coefficient (Wildman–Crippen LogP) is 2.20. The number of imide groups is 1. The highest BCUT2D eigenvalue weighted by atomic mass is 16.4. The van der Waals surface area contributed by atoms with Gasteiger partial charge in [0.2, 0.25) is 11.8 Å². The molecule has 2 atom stereocenters. The van der Waals surface area contributed by atoms with Crippen molar-refractivity contribution in [3.8, 4) is 0 Å². The predicted molar refractivity (Wildman–Crippen MR) is 81.1 cm³/mol. The van der Waals surface area contributed by atoms with E-state index in [1.54, 1.807) is 52.0 Å². The Bertz CT molecular complexity index is 617. The summed E-state index contributed by atoms with van der Waals surface area (Å²) >= 11 is 0. The molecule has 2 amide bonds. The molecule has 22 heavy (non-hydrogen) atoms. The lowest BCUT2D eigenvalue weighted by molar-refractivity contribution is -0.159. The fraction of sp³-hybridized carbons (Fsp3) is 0.471. The van der Waals surface area contributed by atoms with Crippen molar-refractivity contribution in [3.63, 3.8) is 0 Å². The zero-order valence-electron chi connectivity index (χ0n) is 13.3. The third kappa shape index (κ3) is 2.51. The van der Waals surface area contributed by atoms with Crippen LogP contribution in [0.2, 0.25) is 0 Å². The topological polar surface area (TPSA) is 74.7 Å². The second kappa shape index (κ2) is 5.23. The molecule has 1 aliphatic rings. The minimum atomic E-state index is -1.17. The van der Waals surface area contributed by atoms with Crippen LogP contribution in [0.1, 0.15) is 39.7 Å². The van der Waals surface area contributed by atoms with Crippen LogP contribution in [-0.2, 0) is 19.8 Å². The summed E-state index contributed by atoms with van der Waals surface area (Å²) in [5.74, 6) is -2.03.